The zero-order valence-electron chi connectivity index (χ0n) is 9.92. The van der Waals surface area contributed by atoms with Gasteiger partial charge >= 0.3 is 0 Å². The van der Waals surface area contributed by atoms with Crippen molar-refractivity contribution in [2.75, 3.05) is 5.73 Å². The van der Waals surface area contributed by atoms with Crippen LogP contribution in [0, 0.1) is 23.7 Å². The van der Waals surface area contributed by atoms with Crippen molar-refractivity contribution in [1.29, 1.82) is 0 Å². The van der Waals surface area contributed by atoms with Gasteiger partial charge in [0.15, 0.2) is 0 Å². The molecule has 0 unspecified atom stereocenters. The van der Waals surface area contributed by atoms with Gasteiger partial charge in [0.1, 0.15) is 0 Å². The van der Waals surface area contributed by atoms with Gasteiger partial charge in [0.05, 0.1) is 11.9 Å². The average molecular weight is 230 g/mol. The van der Waals surface area contributed by atoms with Crippen molar-refractivity contribution in [3.8, 4) is 0 Å². The quantitative estimate of drug-likeness (QED) is 0.801. The molecule has 4 nitrogen and oxygen atoms in total. The van der Waals surface area contributed by atoms with Crippen molar-refractivity contribution in [2.24, 2.45) is 23.7 Å². The molecule has 1 aromatic heterocycles. The van der Waals surface area contributed by atoms with E-state index >= 15 is 0 Å². The number of nitrogen functional groups attached to an aromatic ring is 1. The minimum absolute atomic E-state index is 0.330. The van der Waals surface area contributed by atoms with Crippen molar-refractivity contribution in [1.82, 2.24) is 15.2 Å². The Balaban J connectivity index is 1.70. The van der Waals surface area contributed by atoms with E-state index in [9.17, 15) is 0 Å². The fraction of sp³-hybridized carbons (Fsp3) is 0.769. The van der Waals surface area contributed by atoms with E-state index in [1.807, 2.05) is 6.20 Å². The molecule has 2 N–H and O–H groups in total. The molecular formula is C13H18N4. The van der Waals surface area contributed by atoms with Crippen molar-refractivity contribution in [2.45, 2.75) is 38.0 Å². The molecule has 4 bridgehead atoms. The number of hydrogen-bond donors (Lipinski definition) is 1. The van der Waals surface area contributed by atoms with Crippen LogP contribution in [0.3, 0.4) is 0 Å². The largest absolute Gasteiger partial charge is 0.366 e. The minimum atomic E-state index is 0.330. The maximum absolute atomic E-state index is 5.67. The Bertz CT molecular complexity index is 417. The number of anilines is 1. The lowest BCUT2D eigenvalue weighted by Gasteiger charge is -2.54. The molecule has 5 rings (SSSR count). The molecule has 4 fully saturated rings. The van der Waals surface area contributed by atoms with E-state index in [1.54, 1.807) is 0 Å². The third kappa shape index (κ3) is 1.46. The van der Waals surface area contributed by atoms with E-state index in [0.717, 1.165) is 29.4 Å². The molecule has 4 aliphatic carbocycles. The second-order valence-corrected chi connectivity index (χ2v) is 6.20. The van der Waals surface area contributed by atoms with Crippen molar-refractivity contribution in [3.05, 3.63) is 11.9 Å². The molecular weight excluding hydrogens is 212 g/mol. The summed E-state index contributed by atoms with van der Waals surface area (Å²) in [5.41, 5.74) is 6.77. The summed E-state index contributed by atoms with van der Waals surface area (Å²) in [6.45, 7) is 0. The van der Waals surface area contributed by atoms with Gasteiger partial charge in [-0.25, -0.2) is 4.98 Å². The minimum Gasteiger partial charge on any atom is -0.366 e. The van der Waals surface area contributed by atoms with Crippen LogP contribution in [0.5, 0.6) is 0 Å². The first-order valence-electron chi connectivity index (χ1n) is 6.74. The van der Waals surface area contributed by atoms with Gasteiger partial charge < -0.3 is 5.73 Å². The molecule has 17 heavy (non-hydrogen) atoms. The summed E-state index contributed by atoms with van der Waals surface area (Å²) in [6, 6.07) is 0. The third-order valence-corrected chi connectivity index (χ3v) is 5.16. The Morgan fingerprint density at radius 1 is 1.00 bits per heavy atom. The fourth-order valence-corrected chi connectivity index (χ4v) is 4.90. The molecule has 0 amide bonds. The number of aromatic nitrogens is 3. The molecule has 4 heteroatoms. The summed E-state index contributed by atoms with van der Waals surface area (Å²) in [5.74, 6) is 4.61. The van der Waals surface area contributed by atoms with Crippen molar-refractivity contribution >= 4 is 5.95 Å². The topological polar surface area (TPSA) is 64.7 Å². The lowest BCUT2D eigenvalue weighted by atomic mass is 9.51. The number of hydrogen-bond acceptors (Lipinski definition) is 4. The summed E-state index contributed by atoms with van der Waals surface area (Å²) in [4.78, 5) is 4.42. The van der Waals surface area contributed by atoms with Gasteiger partial charge in [-0.05, 0) is 55.8 Å². The molecule has 4 saturated carbocycles. The molecule has 4 aliphatic rings. The standard InChI is InChI=1S/C13H18N4/c14-13-16-11(6-15-17-13)12-9-2-7-1-8(4-9)5-10(12)3-7/h6-10,12H,1-5H2,(H2,14,16,17). The Kier molecular flexibility index (Phi) is 1.96. The van der Waals surface area contributed by atoms with Crippen LogP contribution in [-0.2, 0) is 0 Å². The van der Waals surface area contributed by atoms with E-state index in [1.165, 1.54) is 32.1 Å². The second-order valence-electron chi connectivity index (χ2n) is 6.20. The van der Waals surface area contributed by atoms with Crippen LogP contribution >= 0.6 is 0 Å². The van der Waals surface area contributed by atoms with Gasteiger partial charge in [0, 0.05) is 5.92 Å². The first kappa shape index (κ1) is 9.80. The highest BCUT2D eigenvalue weighted by Crippen LogP contribution is 2.59. The molecule has 90 valence electrons. The predicted molar refractivity (Wildman–Crippen MR) is 64.0 cm³/mol. The Morgan fingerprint density at radius 3 is 2.24 bits per heavy atom. The Hall–Kier alpha value is -1.19. The molecule has 0 spiro atoms. The van der Waals surface area contributed by atoms with Crippen LogP contribution in [0.2, 0.25) is 0 Å². The van der Waals surface area contributed by atoms with E-state index < -0.39 is 0 Å². The van der Waals surface area contributed by atoms with E-state index in [-0.39, 0.29) is 0 Å². The van der Waals surface area contributed by atoms with Gasteiger partial charge in [-0.2, -0.15) is 5.10 Å². The fourth-order valence-electron chi connectivity index (χ4n) is 4.90. The van der Waals surface area contributed by atoms with E-state index in [0.29, 0.717) is 11.9 Å². The second kappa shape index (κ2) is 3.40. The van der Waals surface area contributed by atoms with Crippen LogP contribution in [0.15, 0.2) is 6.20 Å². The zero-order chi connectivity index (χ0) is 11.4. The third-order valence-electron chi connectivity index (χ3n) is 5.16. The van der Waals surface area contributed by atoms with Gasteiger partial charge in [-0.1, -0.05) is 0 Å². The van der Waals surface area contributed by atoms with E-state index in [2.05, 4.69) is 15.2 Å². The van der Waals surface area contributed by atoms with Crippen LogP contribution in [0.25, 0.3) is 0 Å². The summed E-state index contributed by atoms with van der Waals surface area (Å²) in [6.07, 6.45) is 8.94. The normalized spacial score (nSPS) is 42.9. The number of rotatable bonds is 1. The Labute approximate surface area is 101 Å². The van der Waals surface area contributed by atoms with Crippen LogP contribution in [0.4, 0.5) is 5.95 Å². The molecule has 0 radical (unpaired) electrons. The van der Waals surface area contributed by atoms with Gasteiger partial charge in [0.25, 0.3) is 0 Å². The van der Waals surface area contributed by atoms with Crippen LogP contribution < -0.4 is 5.73 Å². The highest BCUT2D eigenvalue weighted by Gasteiger charge is 2.49. The lowest BCUT2D eigenvalue weighted by Crippen LogP contribution is -2.44. The summed E-state index contributed by atoms with van der Waals surface area (Å²) in [5, 5.41) is 7.75. The van der Waals surface area contributed by atoms with Crippen LogP contribution in [0.1, 0.15) is 43.7 Å². The Morgan fingerprint density at radius 2 is 1.65 bits per heavy atom. The molecule has 0 aliphatic heterocycles. The first-order chi connectivity index (χ1) is 8.29. The summed E-state index contributed by atoms with van der Waals surface area (Å²) in [7, 11) is 0. The molecule has 1 heterocycles. The lowest BCUT2D eigenvalue weighted by molar-refractivity contribution is -0.00428. The zero-order valence-corrected chi connectivity index (χ0v) is 9.92. The van der Waals surface area contributed by atoms with Crippen molar-refractivity contribution < 1.29 is 0 Å². The smallest absolute Gasteiger partial charge is 0.240 e. The van der Waals surface area contributed by atoms with E-state index in [4.69, 9.17) is 5.73 Å². The monoisotopic (exact) mass is 230 g/mol. The summed E-state index contributed by atoms with van der Waals surface area (Å²) < 4.78 is 0. The van der Waals surface area contributed by atoms with Crippen molar-refractivity contribution in [3.63, 3.8) is 0 Å². The molecule has 0 atom stereocenters. The molecule has 0 aromatic carbocycles. The molecule has 1 aromatic rings. The SMILES string of the molecule is Nc1nncc(C2C3CC4CC(C3)CC2C4)n1. The van der Waals surface area contributed by atoms with Gasteiger partial charge in [0.2, 0.25) is 5.95 Å². The van der Waals surface area contributed by atoms with Gasteiger partial charge in [-0.3, -0.25) is 0 Å². The maximum Gasteiger partial charge on any atom is 0.240 e. The van der Waals surface area contributed by atoms with Gasteiger partial charge in [-0.15, -0.1) is 5.10 Å². The number of nitrogens with zero attached hydrogens (tertiary/aromatic N) is 3. The number of nitrogens with two attached hydrogens (primary N) is 1. The molecule has 0 saturated heterocycles. The first-order valence-corrected chi connectivity index (χ1v) is 6.74. The summed E-state index contributed by atoms with van der Waals surface area (Å²) >= 11 is 0. The highest BCUT2D eigenvalue weighted by molar-refractivity contribution is 5.20. The highest BCUT2D eigenvalue weighted by atomic mass is 15.2. The average Bonchev–Trinajstić information content (AvgIpc) is 2.27. The maximum atomic E-state index is 5.67. The predicted octanol–water partition coefficient (Wildman–Crippen LogP) is 1.99. The van der Waals surface area contributed by atoms with Crippen LogP contribution in [-0.4, -0.2) is 15.2 Å².